The summed E-state index contributed by atoms with van der Waals surface area (Å²) >= 11 is 0. The Morgan fingerprint density at radius 3 is 2.57 bits per heavy atom. The van der Waals surface area contributed by atoms with Crippen LogP contribution < -0.4 is 5.32 Å². The van der Waals surface area contributed by atoms with Gasteiger partial charge in [-0.15, -0.1) is 0 Å². The summed E-state index contributed by atoms with van der Waals surface area (Å²) < 4.78 is 0. The summed E-state index contributed by atoms with van der Waals surface area (Å²) in [5.41, 5.74) is 0. The Hall–Kier alpha value is -1.10. The molecule has 1 saturated carbocycles. The number of amides is 1. The number of nitrogens with zero attached hydrogens (tertiary/aromatic N) is 1. The molecule has 1 aliphatic carbocycles. The van der Waals surface area contributed by atoms with E-state index in [0.717, 1.165) is 44.7 Å². The Bertz CT molecular complexity index is 365. The van der Waals surface area contributed by atoms with Crippen molar-refractivity contribution in [3.63, 3.8) is 0 Å². The minimum Gasteiger partial charge on any atom is -0.481 e. The number of rotatable bonds is 5. The summed E-state index contributed by atoms with van der Waals surface area (Å²) in [6, 6.07) is 0.341. The number of aliphatic carboxylic acids is 1. The van der Waals surface area contributed by atoms with Gasteiger partial charge >= 0.3 is 5.97 Å². The van der Waals surface area contributed by atoms with E-state index >= 15 is 0 Å². The molecule has 1 unspecified atom stereocenters. The molecule has 120 valence electrons. The summed E-state index contributed by atoms with van der Waals surface area (Å²) in [6.07, 6.45) is 6.77. The van der Waals surface area contributed by atoms with Gasteiger partial charge in [-0.05, 0) is 56.9 Å². The molecule has 1 heterocycles. The Balaban J connectivity index is 1.70. The molecule has 0 aromatic rings. The fraction of sp³-hybridized carbons (Fsp3) is 0.875. The smallest absolute Gasteiger partial charge is 0.303 e. The highest BCUT2D eigenvalue weighted by atomic mass is 16.4. The quantitative estimate of drug-likeness (QED) is 0.812. The number of piperidine rings is 1. The van der Waals surface area contributed by atoms with E-state index in [1.807, 2.05) is 0 Å². The van der Waals surface area contributed by atoms with E-state index in [1.165, 1.54) is 12.8 Å². The lowest BCUT2D eigenvalue weighted by molar-refractivity contribution is -0.138. The van der Waals surface area contributed by atoms with E-state index in [2.05, 4.69) is 17.1 Å². The van der Waals surface area contributed by atoms with Crippen molar-refractivity contribution in [3.05, 3.63) is 0 Å². The maximum absolute atomic E-state index is 12.1. The summed E-state index contributed by atoms with van der Waals surface area (Å²) in [7, 11) is 0. The van der Waals surface area contributed by atoms with Crippen LogP contribution in [0.5, 0.6) is 0 Å². The van der Waals surface area contributed by atoms with Crippen LogP contribution in [0.1, 0.15) is 51.9 Å². The molecule has 2 fully saturated rings. The second kappa shape index (κ2) is 7.78. The molecule has 0 aromatic heterocycles. The average molecular weight is 296 g/mol. The number of hydrogen-bond acceptors (Lipinski definition) is 3. The third-order valence-corrected chi connectivity index (χ3v) is 4.81. The maximum Gasteiger partial charge on any atom is 0.303 e. The summed E-state index contributed by atoms with van der Waals surface area (Å²) in [4.78, 5) is 25.0. The minimum atomic E-state index is -0.734. The predicted octanol–water partition coefficient (Wildman–Crippen LogP) is 1.87. The van der Waals surface area contributed by atoms with E-state index in [0.29, 0.717) is 12.6 Å². The molecule has 2 rings (SSSR count). The van der Waals surface area contributed by atoms with E-state index in [-0.39, 0.29) is 18.2 Å². The number of carbonyl (C=O) groups excluding carboxylic acids is 1. The second-order valence-electron chi connectivity index (χ2n) is 6.87. The van der Waals surface area contributed by atoms with Gasteiger partial charge in [-0.25, -0.2) is 0 Å². The van der Waals surface area contributed by atoms with Gasteiger partial charge in [0.15, 0.2) is 0 Å². The van der Waals surface area contributed by atoms with Crippen LogP contribution >= 0.6 is 0 Å². The minimum absolute atomic E-state index is 0.102. The van der Waals surface area contributed by atoms with Crippen LogP contribution in [0.4, 0.5) is 0 Å². The van der Waals surface area contributed by atoms with Crippen LogP contribution in [-0.2, 0) is 9.59 Å². The number of likely N-dealkylation sites (tertiary alicyclic amines) is 1. The molecule has 0 bridgehead atoms. The molecule has 1 saturated heterocycles. The first-order valence-electron chi connectivity index (χ1n) is 8.26. The fourth-order valence-corrected chi connectivity index (χ4v) is 3.59. The summed E-state index contributed by atoms with van der Waals surface area (Å²) in [5, 5.41) is 12.0. The first-order valence-corrected chi connectivity index (χ1v) is 8.26. The molecule has 0 spiro atoms. The topological polar surface area (TPSA) is 69.6 Å². The molecule has 2 N–H and O–H groups in total. The van der Waals surface area contributed by atoms with Gasteiger partial charge in [0.2, 0.25) is 5.91 Å². The van der Waals surface area contributed by atoms with E-state index < -0.39 is 5.97 Å². The van der Waals surface area contributed by atoms with Gasteiger partial charge in [0.1, 0.15) is 0 Å². The second-order valence-corrected chi connectivity index (χ2v) is 6.87. The molecule has 5 heteroatoms. The zero-order valence-corrected chi connectivity index (χ0v) is 13.0. The Kier molecular flexibility index (Phi) is 6.03. The zero-order valence-electron chi connectivity index (χ0n) is 13.0. The van der Waals surface area contributed by atoms with Gasteiger partial charge in [0, 0.05) is 19.0 Å². The van der Waals surface area contributed by atoms with Gasteiger partial charge in [-0.1, -0.05) is 6.92 Å². The van der Waals surface area contributed by atoms with Gasteiger partial charge in [-0.2, -0.15) is 0 Å². The van der Waals surface area contributed by atoms with Crippen LogP contribution in [-0.4, -0.2) is 47.6 Å². The van der Waals surface area contributed by atoms with Crippen molar-refractivity contribution in [2.45, 2.75) is 57.9 Å². The third-order valence-electron chi connectivity index (χ3n) is 4.81. The lowest BCUT2D eigenvalue weighted by Crippen LogP contribution is -2.46. The van der Waals surface area contributed by atoms with Crippen LogP contribution in [0.3, 0.4) is 0 Å². The van der Waals surface area contributed by atoms with Crippen molar-refractivity contribution in [1.82, 2.24) is 10.2 Å². The van der Waals surface area contributed by atoms with E-state index in [1.54, 1.807) is 0 Å². The monoisotopic (exact) mass is 296 g/mol. The molecule has 2 aliphatic rings. The third kappa shape index (κ3) is 5.65. The highest BCUT2D eigenvalue weighted by molar-refractivity contribution is 5.78. The van der Waals surface area contributed by atoms with Crippen molar-refractivity contribution in [2.75, 3.05) is 19.6 Å². The largest absolute Gasteiger partial charge is 0.481 e. The maximum atomic E-state index is 12.1. The van der Waals surface area contributed by atoms with Crippen molar-refractivity contribution in [2.24, 2.45) is 11.8 Å². The van der Waals surface area contributed by atoms with E-state index in [9.17, 15) is 9.59 Å². The predicted molar refractivity (Wildman–Crippen MR) is 81.0 cm³/mol. The fourth-order valence-electron chi connectivity index (χ4n) is 3.59. The highest BCUT2D eigenvalue weighted by Crippen LogP contribution is 2.23. The number of carboxylic acids is 1. The van der Waals surface area contributed by atoms with Crippen LogP contribution in [0.15, 0.2) is 0 Å². The molecule has 0 radical (unpaired) electrons. The lowest BCUT2D eigenvalue weighted by atomic mass is 9.87. The Labute approximate surface area is 127 Å². The average Bonchev–Trinajstić information content (AvgIpc) is 2.41. The van der Waals surface area contributed by atoms with Crippen molar-refractivity contribution < 1.29 is 14.7 Å². The normalized spacial score (nSPS) is 30.8. The molecule has 1 atom stereocenters. The molecule has 0 aromatic carbocycles. The molecular weight excluding hydrogens is 268 g/mol. The van der Waals surface area contributed by atoms with Crippen LogP contribution in [0, 0.1) is 11.8 Å². The number of carbonyl (C=O) groups is 2. The summed E-state index contributed by atoms with van der Waals surface area (Å²) in [6.45, 7) is 4.34. The van der Waals surface area contributed by atoms with Crippen molar-refractivity contribution in [1.29, 1.82) is 0 Å². The van der Waals surface area contributed by atoms with Crippen molar-refractivity contribution >= 4 is 11.9 Å². The first-order chi connectivity index (χ1) is 10.0. The highest BCUT2D eigenvalue weighted by Gasteiger charge is 2.25. The molecule has 1 amide bonds. The van der Waals surface area contributed by atoms with Crippen molar-refractivity contribution in [3.8, 4) is 0 Å². The Morgan fingerprint density at radius 2 is 1.90 bits per heavy atom. The standard InChI is InChI=1S/C16H28N2O3/c1-12-4-6-14(7-5-12)17-15(19)11-18-8-2-3-13(10-18)9-16(20)21/h12-14H,2-11H2,1H3,(H,17,19)(H,20,21). The molecular formula is C16H28N2O3. The number of hydrogen-bond donors (Lipinski definition) is 2. The zero-order chi connectivity index (χ0) is 15.2. The van der Waals surface area contributed by atoms with Gasteiger partial charge in [0.05, 0.1) is 6.54 Å². The van der Waals surface area contributed by atoms with E-state index in [4.69, 9.17) is 5.11 Å². The molecule has 21 heavy (non-hydrogen) atoms. The summed E-state index contributed by atoms with van der Waals surface area (Å²) in [5.74, 6) is 0.352. The molecule has 5 nitrogen and oxygen atoms in total. The number of nitrogens with one attached hydrogen (secondary N) is 1. The molecule has 1 aliphatic heterocycles. The van der Waals surface area contributed by atoms with Gasteiger partial charge < -0.3 is 10.4 Å². The Morgan fingerprint density at radius 1 is 1.19 bits per heavy atom. The van der Waals surface area contributed by atoms with Crippen LogP contribution in [0.25, 0.3) is 0 Å². The van der Waals surface area contributed by atoms with Gasteiger partial charge in [0.25, 0.3) is 0 Å². The first kappa shape index (κ1) is 16.3. The lowest BCUT2D eigenvalue weighted by Gasteiger charge is -2.32. The number of carboxylic acid groups (broad SMARTS) is 1. The SMILES string of the molecule is CC1CCC(NC(=O)CN2CCCC(CC(=O)O)C2)CC1. The van der Waals surface area contributed by atoms with Crippen LogP contribution in [0.2, 0.25) is 0 Å². The van der Waals surface area contributed by atoms with Gasteiger partial charge in [-0.3, -0.25) is 14.5 Å².